The Morgan fingerprint density at radius 1 is 1.22 bits per heavy atom. The lowest BCUT2D eigenvalue weighted by molar-refractivity contribution is 0.209. The van der Waals surface area contributed by atoms with Crippen molar-refractivity contribution >= 4 is 10.9 Å². The third-order valence-corrected chi connectivity index (χ3v) is 3.69. The van der Waals surface area contributed by atoms with E-state index >= 15 is 0 Å². The van der Waals surface area contributed by atoms with Crippen LogP contribution in [0.1, 0.15) is 19.3 Å². The zero-order chi connectivity index (χ0) is 12.4. The summed E-state index contributed by atoms with van der Waals surface area (Å²) in [4.78, 5) is 4.36. The van der Waals surface area contributed by atoms with Crippen molar-refractivity contribution in [2.75, 3.05) is 7.05 Å². The van der Waals surface area contributed by atoms with Crippen molar-refractivity contribution < 1.29 is 4.74 Å². The van der Waals surface area contributed by atoms with E-state index in [9.17, 15) is 0 Å². The van der Waals surface area contributed by atoms with Gasteiger partial charge in [0.1, 0.15) is 11.9 Å². The van der Waals surface area contributed by atoms with Gasteiger partial charge in [-0.05, 0) is 50.6 Å². The lowest BCUT2D eigenvalue weighted by Crippen LogP contribution is -2.23. The molecule has 1 aliphatic rings. The van der Waals surface area contributed by atoms with Crippen LogP contribution in [0.15, 0.2) is 36.5 Å². The molecule has 0 amide bonds. The van der Waals surface area contributed by atoms with Gasteiger partial charge in [-0.3, -0.25) is 4.98 Å². The fraction of sp³-hybridized carbons (Fsp3) is 0.400. The number of fused-ring (bicyclic) bond motifs is 1. The van der Waals surface area contributed by atoms with Crippen LogP contribution >= 0.6 is 0 Å². The lowest BCUT2D eigenvalue weighted by atomic mass is 10.2. The maximum absolute atomic E-state index is 6.14. The molecule has 1 N–H and O–H groups in total. The van der Waals surface area contributed by atoms with Crippen molar-refractivity contribution in [3.63, 3.8) is 0 Å². The van der Waals surface area contributed by atoms with Crippen LogP contribution in [0.4, 0.5) is 0 Å². The summed E-state index contributed by atoms with van der Waals surface area (Å²) in [6.45, 7) is 0. The predicted octanol–water partition coefficient (Wildman–Crippen LogP) is 2.75. The first-order chi connectivity index (χ1) is 8.86. The summed E-state index contributed by atoms with van der Waals surface area (Å²) >= 11 is 0. The largest absolute Gasteiger partial charge is 0.490 e. The molecule has 3 nitrogen and oxygen atoms in total. The molecular formula is C15H18N2O. The number of benzene rings is 1. The van der Waals surface area contributed by atoms with Crippen molar-refractivity contribution in [3.8, 4) is 5.75 Å². The summed E-state index contributed by atoms with van der Waals surface area (Å²) in [5.41, 5.74) is 0.998. The molecule has 1 aliphatic carbocycles. The molecule has 0 spiro atoms. The number of hydrogen-bond donors (Lipinski definition) is 1. The summed E-state index contributed by atoms with van der Waals surface area (Å²) in [6.07, 6.45) is 5.56. The van der Waals surface area contributed by atoms with Crippen LogP contribution in [-0.4, -0.2) is 24.2 Å². The summed E-state index contributed by atoms with van der Waals surface area (Å²) in [7, 11) is 2.02. The predicted molar refractivity (Wildman–Crippen MR) is 72.9 cm³/mol. The highest BCUT2D eigenvalue weighted by molar-refractivity contribution is 5.84. The maximum atomic E-state index is 6.14. The Labute approximate surface area is 107 Å². The van der Waals surface area contributed by atoms with E-state index in [-0.39, 0.29) is 0 Å². The third-order valence-electron chi connectivity index (χ3n) is 3.69. The Bertz CT molecular complexity index is 536. The second-order valence-electron chi connectivity index (χ2n) is 4.86. The van der Waals surface area contributed by atoms with Crippen molar-refractivity contribution in [1.82, 2.24) is 10.3 Å². The second kappa shape index (κ2) is 4.94. The van der Waals surface area contributed by atoms with Crippen LogP contribution < -0.4 is 10.1 Å². The van der Waals surface area contributed by atoms with Gasteiger partial charge in [-0.15, -0.1) is 0 Å². The zero-order valence-corrected chi connectivity index (χ0v) is 10.6. The molecule has 3 rings (SSSR count). The van der Waals surface area contributed by atoms with E-state index in [1.54, 1.807) is 0 Å². The fourth-order valence-corrected chi connectivity index (χ4v) is 2.67. The summed E-state index contributed by atoms with van der Waals surface area (Å²) in [5, 5.41) is 4.43. The molecule has 0 radical (unpaired) electrons. The Morgan fingerprint density at radius 2 is 2.17 bits per heavy atom. The van der Waals surface area contributed by atoms with E-state index in [1.165, 1.54) is 6.42 Å². The number of nitrogens with zero attached hydrogens (tertiary/aromatic N) is 1. The number of rotatable bonds is 3. The smallest absolute Gasteiger partial charge is 0.129 e. The molecule has 1 aromatic heterocycles. The van der Waals surface area contributed by atoms with Crippen LogP contribution in [0.2, 0.25) is 0 Å². The molecule has 2 aromatic rings. The van der Waals surface area contributed by atoms with Gasteiger partial charge in [-0.1, -0.05) is 6.07 Å². The lowest BCUT2D eigenvalue weighted by Gasteiger charge is -2.15. The molecule has 0 saturated heterocycles. The maximum Gasteiger partial charge on any atom is 0.129 e. The van der Waals surface area contributed by atoms with E-state index in [1.807, 2.05) is 37.5 Å². The van der Waals surface area contributed by atoms with Crippen LogP contribution in [0.25, 0.3) is 10.9 Å². The van der Waals surface area contributed by atoms with Crippen LogP contribution in [0, 0.1) is 0 Å². The number of hydrogen-bond acceptors (Lipinski definition) is 3. The molecule has 94 valence electrons. The molecule has 1 aromatic carbocycles. The van der Waals surface area contributed by atoms with E-state index in [4.69, 9.17) is 4.74 Å². The van der Waals surface area contributed by atoms with Crippen molar-refractivity contribution in [3.05, 3.63) is 36.5 Å². The molecule has 1 heterocycles. The molecular weight excluding hydrogens is 224 g/mol. The molecule has 1 fully saturated rings. The Balaban J connectivity index is 1.83. The summed E-state index contributed by atoms with van der Waals surface area (Å²) in [6, 6.07) is 10.7. The van der Waals surface area contributed by atoms with Crippen molar-refractivity contribution in [2.45, 2.75) is 31.4 Å². The number of nitrogens with one attached hydrogen (secondary N) is 1. The Morgan fingerprint density at radius 3 is 3.00 bits per heavy atom. The topological polar surface area (TPSA) is 34.1 Å². The normalized spacial score (nSPS) is 23.4. The molecule has 2 atom stereocenters. The molecule has 18 heavy (non-hydrogen) atoms. The third kappa shape index (κ3) is 2.18. The average molecular weight is 242 g/mol. The highest BCUT2D eigenvalue weighted by Crippen LogP contribution is 2.29. The van der Waals surface area contributed by atoms with Gasteiger partial charge in [0.25, 0.3) is 0 Å². The van der Waals surface area contributed by atoms with Gasteiger partial charge >= 0.3 is 0 Å². The number of pyridine rings is 1. The van der Waals surface area contributed by atoms with Gasteiger partial charge in [-0.25, -0.2) is 0 Å². The molecule has 2 unspecified atom stereocenters. The zero-order valence-electron chi connectivity index (χ0n) is 10.6. The van der Waals surface area contributed by atoms with E-state index < -0.39 is 0 Å². The Kier molecular flexibility index (Phi) is 3.15. The molecule has 0 aliphatic heterocycles. The monoisotopic (exact) mass is 242 g/mol. The van der Waals surface area contributed by atoms with Crippen LogP contribution in [0.3, 0.4) is 0 Å². The minimum atomic E-state index is 0.327. The van der Waals surface area contributed by atoms with E-state index in [2.05, 4.69) is 16.4 Å². The van der Waals surface area contributed by atoms with Crippen LogP contribution in [-0.2, 0) is 0 Å². The van der Waals surface area contributed by atoms with E-state index in [0.29, 0.717) is 12.1 Å². The minimum absolute atomic E-state index is 0.327. The highest BCUT2D eigenvalue weighted by atomic mass is 16.5. The van der Waals surface area contributed by atoms with Crippen LogP contribution in [0.5, 0.6) is 5.75 Å². The van der Waals surface area contributed by atoms with Gasteiger partial charge in [0, 0.05) is 17.6 Å². The van der Waals surface area contributed by atoms with Gasteiger partial charge < -0.3 is 10.1 Å². The first-order valence-electron chi connectivity index (χ1n) is 6.54. The minimum Gasteiger partial charge on any atom is -0.490 e. The van der Waals surface area contributed by atoms with Crippen molar-refractivity contribution in [2.24, 2.45) is 0 Å². The molecule has 1 saturated carbocycles. The summed E-state index contributed by atoms with van der Waals surface area (Å²) in [5.74, 6) is 0.961. The first-order valence-corrected chi connectivity index (χ1v) is 6.54. The van der Waals surface area contributed by atoms with Crippen molar-refractivity contribution in [1.29, 1.82) is 0 Å². The second-order valence-corrected chi connectivity index (χ2v) is 4.86. The van der Waals surface area contributed by atoms with Gasteiger partial charge in [0.15, 0.2) is 0 Å². The molecule has 0 bridgehead atoms. The quantitative estimate of drug-likeness (QED) is 0.898. The standard InChI is InChI=1S/C15H18N2O/c1-16-11-7-8-12(10-11)18-15-6-2-5-14-13(15)4-3-9-17-14/h2-6,9,11-12,16H,7-8,10H2,1H3. The van der Waals surface area contributed by atoms with E-state index in [0.717, 1.165) is 29.5 Å². The first kappa shape index (κ1) is 11.5. The van der Waals surface area contributed by atoms with Gasteiger partial charge in [0.2, 0.25) is 0 Å². The molecule has 3 heteroatoms. The number of ether oxygens (including phenoxy) is 1. The Hall–Kier alpha value is -1.61. The highest BCUT2D eigenvalue weighted by Gasteiger charge is 2.25. The van der Waals surface area contributed by atoms with Gasteiger partial charge in [-0.2, -0.15) is 0 Å². The fourth-order valence-electron chi connectivity index (χ4n) is 2.67. The number of aromatic nitrogens is 1. The average Bonchev–Trinajstić information content (AvgIpc) is 2.87. The van der Waals surface area contributed by atoms with Gasteiger partial charge in [0.05, 0.1) is 5.52 Å². The summed E-state index contributed by atoms with van der Waals surface area (Å²) < 4.78 is 6.14. The SMILES string of the molecule is CNC1CCC(Oc2cccc3ncccc23)C1.